The molecule has 4 rings (SSSR count). The van der Waals surface area contributed by atoms with Gasteiger partial charge in [0.2, 0.25) is 0 Å². The van der Waals surface area contributed by atoms with Gasteiger partial charge in [-0.2, -0.15) is 0 Å². The van der Waals surface area contributed by atoms with Crippen molar-refractivity contribution in [3.8, 4) is 34.9 Å². The second-order valence-corrected chi connectivity index (χ2v) is 7.78. The quantitative estimate of drug-likeness (QED) is 0.182. The second kappa shape index (κ2) is 9.22. The molecule has 1 aliphatic carbocycles. The van der Waals surface area contributed by atoms with Crippen LogP contribution < -0.4 is 10.7 Å². The van der Waals surface area contributed by atoms with Crippen LogP contribution in [0.3, 0.4) is 0 Å². The van der Waals surface area contributed by atoms with E-state index in [1.165, 1.54) is 0 Å². The minimum absolute atomic E-state index is 0.306. The molecule has 5 heteroatoms. The van der Waals surface area contributed by atoms with Crippen molar-refractivity contribution in [2.24, 2.45) is 4.99 Å². The lowest BCUT2D eigenvalue weighted by Crippen LogP contribution is -2.10. The van der Waals surface area contributed by atoms with Gasteiger partial charge in [0.05, 0.1) is 23.2 Å². The lowest BCUT2D eigenvalue weighted by molar-refractivity contribution is 0.0527. The summed E-state index contributed by atoms with van der Waals surface area (Å²) < 4.78 is 11.7. The Morgan fingerprint density at radius 3 is 2.61 bits per heavy atom. The number of nitrogens with zero attached hydrogens (tertiary/aromatic N) is 1. The standard InChI is InChI=1S/C28H26N2O3/c1-6-29-23-15-25-21(13-17(23)4)27(19-11-9-10-12-20(19)28(31)32-8-3)22-14-18(5)24(30-7-2)16-26(22)33-25/h1,9-16,29H,7-8H2,2-5H3/b30-24-. The first-order chi connectivity index (χ1) is 16.0. The fraction of sp³-hybridized carbons (Fsp3) is 0.214. The lowest BCUT2D eigenvalue weighted by atomic mass is 9.89. The third kappa shape index (κ3) is 4.08. The van der Waals surface area contributed by atoms with Crippen LogP contribution in [0.4, 0.5) is 5.69 Å². The third-order valence-corrected chi connectivity index (χ3v) is 5.61. The molecule has 0 aromatic heterocycles. The number of aryl methyl sites for hydroxylation is 2. The zero-order valence-electron chi connectivity index (χ0n) is 19.3. The van der Waals surface area contributed by atoms with Crippen molar-refractivity contribution >= 4 is 22.6 Å². The number of carbonyl (C=O) groups is 1. The highest BCUT2D eigenvalue weighted by Crippen LogP contribution is 2.42. The number of terminal acetylenes is 1. The number of ether oxygens (including phenoxy) is 1. The molecule has 2 aromatic rings. The number of fused-ring (bicyclic) bond motifs is 2. The van der Waals surface area contributed by atoms with Crippen LogP contribution in [0.5, 0.6) is 0 Å². The minimum Gasteiger partial charge on any atom is -0.462 e. The van der Waals surface area contributed by atoms with Crippen molar-refractivity contribution in [3.63, 3.8) is 0 Å². The average molecular weight is 439 g/mol. The molecule has 5 nitrogen and oxygen atoms in total. The minimum atomic E-state index is -0.355. The molecular weight excluding hydrogens is 412 g/mol. The number of anilines is 1. The number of esters is 1. The van der Waals surface area contributed by atoms with Crippen molar-refractivity contribution in [2.75, 3.05) is 18.5 Å². The van der Waals surface area contributed by atoms with E-state index in [-0.39, 0.29) is 5.97 Å². The maximum Gasteiger partial charge on any atom is 0.338 e. The zero-order valence-corrected chi connectivity index (χ0v) is 19.3. The number of rotatable bonds is 5. The maximum absolute atomic E-state index is 12.8. The van der Waals surface area contributed by atoms with Gasteiger partial charge in [0.1, 0.15) is 11.3 Å². The molecule has 0 radical (unpaired) electrons. The highest BCUT2D eigenvalue weighted by Gasteiger charge is 2.23. The van der Waals surface area contributed by atoms with Gasteiger partial charge in [0.25, 0.3) is 0 Å². The summed E-state index contributed by atoms with van der Waals surface area (Å²) in [4.78, 5) is 17.4. The van der Waals surface area contributed by atoms with Crippen LogP contribution in [0, 0.1) is 26.3 Å². The summed E-state index contributed by atoms with van der Waals surface area (Å²) in [5.41, 5.74) is 6.58. The van der Waals surface area contributed by atoms with Crippen LogP contribution in [0.1, 0.15) is 35.3 Å². The Bertz CT molecular complexity index is 1440. The first-order valence-corrected chi connectivity index (χ1v) is 11.0. The van der Waals surface area contributed by atoms with Gasteiger partial charge in [-0.15, -0.1) is 0 Å². The number of nitrogens with one attached hydrogen (secondary N) is 1. The molecule has 33 heavy (non-hydrogen) atoms. The summed E-state index contributed by atoms with van der Waals surface area (Å²) in [6, 6.07) is 18.0. The molecule has 0 saturated carbocycles. The molecule has 2 aliphatic rings. The predicted octanol–water partition coefficient (Wildman–Crippen LogP) is 5.92. The largest absolute Gasteiger partial charge is 0.462 e. The topological polar surface area (TPSA) is 63.8 Å². The summed E-state index contributed by atoms with van der Waals surface area (Å²) in [6.07, 6.45) is 5.48. The van der Waals surface area contributed by atoms with Gasteiger partial charge in [-0.25, -0.2) is 4.79 Å². The Hall–Kier alpha value is -4.04. The molecule has 166 valence electrons. The molecule has 1 aliphatic heterocycles. The fourth-order valence-corrected chi connectivity index (χ4v) is 4.12. The van der Waals surface area contributed by atoms with Crippen molar-refractivity contribution < 1.29 is 13.9 Å². The second-order valence-electron chi connectivity index (χ2n) is 7.78. The van der Waals surface area contributed by atoms with E-state index in [4.69, 9.17) is 15.6 Å². The van der Waals surface area contributed by atoms with Crippen LogP contribution in [-0.2, 0) is 4.74 Å². The Kier molecular flexibility index (Phi) is 6.19. The lowest BCUT2D eigenvalue weighted by Gasteiger charge is -2.19. The monoisotopic (exact) mass is 438 g/mol. The van der Waals surface area contributed by atoms with Gasteiger partial charge in [0, 0.05) is 41.2 Å². The Balaban J connectivity index is 2.17. The summed E-state index contributed by atoms with van der Waals surface area (Å²) in [7, 11) is 0. The smallest absolute Gasteiger partial charge is 0.338 e. The molecule has 1 heterocycles. The first kappa shape index (κ1) is 22.2. The van der Waals surface area contributed by atoms with E-state index in [1.807, 2.05) is 57.2 Å². The zero-order chi connectivity index (χ0) is 23.5. The number of benzene rings is 3. The first-order valence-electron chi connectivity index (χ1n) is 11.0. The molecule has 0 saturated heterocycles. The number of hydrogen-bond donors (Lipinski definition) is 1. The molecule has 0 unspecified atom stereocenters. The summed E-state index contributed by atoms with van der Waals surface area (Å²) in [6.45, 7) is 8.80. The molecule has 0 atom stereocenters. The molecule has 1 N–H and O–H groups in total. The van der Waals surface area contributed by atoms with E-state index in [0.717, 1.165) is 44.2 Å². The average Bonchev–Trinajstić information content (AvgIpc) is 2.80. The van der Waals surface area contributed by atoms with E-state index in [1.54, 1.807) is 13.0 Å². The van der Waals surface area contributed by atoms with Gasteiger partial charge in [-0.05, 0) is 62.6 Å². The van der Waals surface area contributed by atoms with E-state index < -0.39 is 0 Å². The Labute approximate surface area is 193 Å². The highest BCUT2D eigenvalue weighted by molar-refractivity contribution is 6.08. The maximum atomic E-state index is 12.8. The Morgan fingerprint density at radius 2 is 1.88 bits per heavy atom. The van der Waals surface area contributed by atoms with Gasteiger partial charge < -0.3 is 14.5 Å². The summed E-state index contributed by atoms with van der Waals surface area (Å²) >= 11 is 0. The summed E-state index contributed by atoms with van der Waals surface area (Å²) in [5, 5.41) is 4.71. The molecular formula is C28H26N2O3. The van der Waals surface area contributed by atoms with Crippen molar-refractivity contribution in [1.29, 1.82) is 0 Å². The van der Waals surface area contributed by atoms with Crippen LogP contribution in [-0.4, -0.2) is 19.1 Å². The molecule has 0 spiro atoms. The van der Waals surface area contributed by atoms with E-state index in [2.05, 4.69) is 22.4 Å². The van der Waals surface area contributed by atoms with Crippen LogP contribution in [0.15, 0.2) is 57.9 Å². The SMILES string of the molecule is C#CNc1cc2oc3c/c(=N/CC)c(C)cc-3c(-c3ccccc3C(=O)OCC)c2cc1C. The third-order valence-electron chi connectivity index (χ3n) is 5.61. The molecule has 0 bridgehead atoms. The Morgan fingerprint density at radius 1 is 1.09 bits per heavy atom. The van der Waals surface area contributed by atoms with Crippen LogP contribution in [0.25, 0.3) is 33.4 Å². The van der Waals surface area contributed by atoms with Crippen molar-refractivity contribution in [2.45, 2.75) is 27.7 Å². The molecule has 0 fully saturated rings. The molecule has 2 aromatic carbocycles. The van der Waals surface area contributed by atoms with Gasteiger partial charge in [-0.3, -0.25) is 4.99 Å². The number of carbonyl (C=O) groups excluding carboxylic acids is 1. The van der Waals surface area contributed by atoms with Crippen LogP contribution >= 0.6 is 0 Å². The predicted molar refractivity (Wildman–Crippen MR) is 132 cm³/mol. The van der Waals surface area contributed by atoms with Crippen molar-refractivity contribution in [3.05, 3.63) is 70.6 Å². The highest BCUT2D eigenvalue weighted by atomic mass is 16.5. The van der Waals surface area contributed by atoms with Gasteiger partial charge >= 0.3 is 5.97 Å². The van der Waals surface area contributed by atoms with Crippen LogP contribution in [0.2, 0.25) is 0 Å². The van der Waals surface area contributed by atoms with Gasteiger partial charge in [0.15, 0.2) is 0 Å². The van der Waals surface area contributed by atoms with Gasteiger partial charge in [-0.1, -0.05) is 24.6 Å². The molecule has 0 amide bonds. The summed E-state index contributed by atoms with van der Waals surface area (Å²) in [5.74, 6) is 0.330. The fourth-order valence-electron chi connectivity index (χ4n) is 4.12. The normalized spacial score (nSPS) is 11.5. The van der Waals surface area contributed by atoms with E-state index in [0.29, 0.717) is 30.1 Å². The van der Waals surface area contributed by atoms with E-state index >= 15 is 0 Å². The van der Waals surface area contributed by atoms with Crippen molar-refractivity contribution in [1.82, 2.24) is 0 Å². The van der Waals surface area contributed by atoms with E-state index in [9.17, 15) is 4.79 Å². The number of hydrogen-bond acceptors (Lipinski definition) is 5.